The molecule has 1 aliphatic rings. The molecule has 0 bridgehead atoms. The third-order valence-electron chi connectivity index (χ3n) is 2.43. The van der Waals surface area contributed by atoms with Crippen LogP contribution in [0.2, 0.25) is 0 Å². The zero-order valence-corrected chi connectivity index (χ0v) is 11.3. The van der Waals surface area contributed by atoms with Gasteiger partial charge >= 0.3 is 5.97 Å². The van der Waals surface area contributed by atoms with Crippen molar-refractivity contribution in [3.05, 3.63) is 22.2 Å². The van der Waals surface area contributed by atoms with Crippen LogP contribution in [0.5, 0.6) is 0 Å². The van der Waals surface area contributed by atoms with Gasteiger partial charge in [-0.05, 0) is 40.5 Å². The number of benzene rings is 1. The van der Waals surface area contributed by atoms with Gasteiger partial charge in [-0.1, -0.05) is 0 Å². The lowest BCUT2D eigenvalue weighted by molar-refractivity contribution is -0.135. The Bertz CT molecular complexity index is 436. The van der Waals surface area contributed by atoms with Gasteiger partial charge in [-0.3, -0.25) is 4.79 Å². The van der Waals surface area contributed by atoms with Gasteiger partial charge in [0.2, 0.25) is 0 Å². The van der Waals surface area contributed by atoms with Crippen molar-refractivity contribution in [3.8, 4) is 0 Å². The van der Waals surface area contributed by atoms with Gasteiger partial charge in [0, 0.05) is 21.7 Å². The van der Waals surface area contributed by atoms with E-state index in [4.69, 9.17) is 5.11 Å². The van der Waals surface area contributed by atoms with Crippen LogP contribution < -0.4 is 4.90 Å². The first-order valence-corrected chi connectivity index (χ1v) is 6.75. The van der Waals surface area contributed by atoms with Crippen LogP contribution >= 0.6 is 27.7 Å². The number of carbonyl (C=O) groups is 1. The first-order chi connectivity index (χ1) is 7.58. The Balaban J connectivity index is 2.41. The summed E-state index contributed by atoms with van der Waals surface area (Å²) in [5, 5.41) is 8.87. The Morgan fingerprint density at radius 1 is 1.62 bits per heavy atom. The van der Waals surface area contributed by atoms with Crippen LogP contribution in [0.4, 0.5) is 5.69 Å². The lowest BCUT2D eigenvalue weighted by atomic mass is 10.2. The summed E-state index contributed by atoms with van der Waals surface area (Å²) in [6, 6.07) is 4.14. The molecule has 1 N–H and O–H groups in total. The van der Waals surface area contributed by atoms with Crippen molar-refractivity contribution in [2.75, 3.05) is 23.7 Å². The Morgan fingerprint density at radius 2 is 2.38 bits per heavy atom. The van der Waals surface area contributed by atoms with E-state index >= 15 is 0 Å². The molecule has 2 rings (SSSR count). The molecule has 0 unspecified atom stereocenters. The highest BCUT2D eigenvalue weighted by Gasteiger charge is 2.22. The van der Waals surface area contributed by atoms with Crippen LogP contribution in [-0.2, 0) is 4.79 Å². The number of carboxylic acids is 1. The average Bonchev–Trinajstić information content (AvgIpc) is 2.15. The number of hydrogen-bond donors (Lipinski definition) is 1. The number of thioether (sulfide) groups is 1. The van der Waals surface area contributed by atoms with Crippen LogP contribution in [-0.4, -0.2) is 29.9 Å². The zero-order chi connectivity index (χ0) is 11.7. The van der Waals surface area contributed by atoms with E-state index in [1.54, 1.807) is 11.8 Å². The van der Waals surface area contributed by atoms with Gasteiger partial charge < -0.3 is 10.0 Å². The molecule has 1 aromatic rings. The molecule has 3 nitrogen and oxygen atoms in total. The van der Waals surface area contributed by atoms with Crippen LogP contribution in [0, 0.1) is 6.92 Å². The summed E-state index contributed by atoms with van der Waals surface area (Å²) >= 11 is 5.30. The van der Waals surface area contributed by atoms with Crippen LogP contribution in [0.3, 0.4) is 0 Å². The highest BCUT2D eigenvalue weighted by Crippen LogP contribution is 2.40. The molecule has 0 radical (unpaired) electrons. The standard InChI is InChI=1S/C11H12BrNO2S/c1-7-4-8(12)11-9(5-7)16-3-2-13(11)6-10(14)15/h4-5H,2-3,6H2,1H3,(H,14,15). The molecule has 5 heteroatoms. The van der Waals surface area contributed by atoms with E-state index in [-0.39, 0.29) is 6.54 Å². The van der Waals surface area contributed by atoms with Gasteiger partial charge in [0.25, 0.3) is 0 Å². The zero-order valence-electron chi connectivity index (χ0n) is 8.86. The molecule has 0 fully saturated rings. The van der Waals surface area contributed by atoms with Crippen molar-refractivity contribution in [1.82, 2.24) is 0 Å². The van der Waals surface area contributed by atoms with E-state index in [0.717, 1.165) is 22.5 Å². The highest BCUT2D eigenvalue weighted by atomic mass is 79.9. The van der Waals surface area contributed by atoms with Crippen molar-refractivity contribution < 1.29 is 9.90 Å². The highest BCUT2D eigenvalue weighted by molar-refractivity contribution is 9.10. The molecule has 86 valence electrons. The Kier molecular flexibility index (Phi) is 3.44. The Morgan fingerprint density at radius 3 is 3.06 bits per heavy atom. The van der Waals surface area contributed by atoms with E-state index in [2.05, 4.69) is 22.0 Å². The van der Waals surface area contributed by atoms with Crippen molar-refractivity contribution in [2.24, 2.45) is 0 Å². The second-order valence-corrected chi connectivity index (χ2v) is 5.75. The minimum atomic E-state index is -0.787. The molecule has 1 aliphatic heterocycles. The van der Waals surface area contributed by atoms with Crippen LogP contribution in [0.25, 0.3) is 0 Å². The van der Waals surface area contributed by atoms with E-state index < -0.39 is 5.97 Å². The topological polar surface area (TPSA) is 40.5 Å². The molecule has 0 aromatic heterocycles. The van der Waals surface area contributed by atoms with Crippen molar-refractivity contribution >= 4 is 39.3 Å². The Hall–Kier alpha value is -0.680. The number of hydrogen-bond acceptors (Lipinski definition) is 3. The number of fused-ring (bicyclic) bond motifs is 1. The SMILES string of the molecule is Cc1cc(Br)c2c(c1)SCCN2CC(=O)O. The second-order valence-electron chi connectivity index (χ2n) is 3.76. The summed E-state index contributed by atoms with van der Waals surface area (Å²) < 4.78 is 0.982. The number of rotatable bonds is 2. The fourth-order valence-electron chi connectivity index (χ4n) is 1.82. The van der Waals surface area contributed by atoms with E-state index in [1.807, 2.05) is 17.9 Å². The molecule has 0 amide bonds. The largest absolute Gasteiger partial charge is 0.480 e. The lowest BCUT2D eigenvalue weighted by Crippen LogP contribution is -2.34. The number of carboxylic acid groups (broad SMARTS) is 1. The molecular weight excluding hydrogens is 290 g/mol. The van der Waals surface area contributed by atoms with E-state index in [1.165, 1.54) is 10.5 Å². The van der Waals surface area contributed by atoms with Crippen molar-refractivity contribution in [1.29, 1.82) is 0 Å². The molecule has 0 saturated carbocycles. The summed E-state index contributed by atoms with van der Waals surface area (Å²) in [5.74, 6) is 0.154. The molecule has 0 spiro atoms. The third-order valence-corrected chi connectivity index (χ3v) is 4.05. The molecule has 0 aliphatic carbocycles. The van der Waals surface area contributed by atoms with Gasteiger partial charge in [-0.2, -0.15) is 0 Å². The smallest absolute Gasteiger partial charge is 0.323 e. The predicted octanol–water partition coefficient (Wildman–Crippen LogP) is 2.75. The summed E-state index contributed by atoms with van der Waals surface area (Å²) in [6.07, 6.45) is 0. The number of halogens is 1. The summed E-state index contributed by atoms with van der Waals surface area (Å²) in [7, 11) is 0. The summed E-state index contributed by atoms with van der Waals surface area (Å²) in [6.45, 7) is 2.89. The predicted molar refractivity (Wildman–Crippen MR) is 69.5 cm³/mol. The minimum Gasteiger partial charge on any atom is -0.480 e. The van der Waals surface area contributed by atoms with Gasteiger partial charge in [-0.25, -0.2) is 0 Å². The third kappa shape index (κ3) is 2.35. The number of aliphatic carboxylic acids is 1. The molecule has 0 saturated heterocycles. The maximum atomic E-state index is 10.8. The fraction of sp³-hybridized carbons (Fsp3) is 0.364. The Labute approximate surface area is 107 Å². The van der Waals surface area contributed by atoms with Crippen molar-refractivity contribution in [3.63, 3.8) is 0 Å². The maximum Gasteiger partial charge on any atom is 0.323 e. The van der Waals surface area contributed by atoms with Crippen LogP contribution in [0.1, 0.15) is 5.56 Å². The lowest BCUT2D eigenvalue weighted by Gasteiger charge is -2.30. The normalized spacial score (nSPS) is 14.8. The van der Waals surface area contributed by atoms with Crippen LogP contribution in [0.15, 0.2) is 21.5 Å². The number of nitrogens with zero attached hydrogens (tertiary/aromatic N) is 1. The molecule has 1 heterocycles. The first-order valence-electron chi connectivity index (χ1n) is 4.97. The summed E-state index contributed by atoms with van der Waals surface area (Å²) in [5.41, 5.74) is 2.21. The van der Waals surface area contributed by atoms with Gasteiger partial charge in [0.1, 0.15) is 6.54 Å². The molecule has 1 aromatic carbocycles. The molecular formula is C11H12BrNO2S. The number of anilines is 1. The van der Waals surface area contributed by atoms with Gasteiger partial charge in [-0.15, -0.1) is 11.8 Å². The van der Waals surface area contributed by atoms with Gasteiger partial charge in [0.05, 0.1) is 5.69 Å². The second kappa shape index (κ2) is 4.67. The monoisotopic (exact) mass is 301 g/mol. The number of aryl methyl sites for hydroxylation is 1. The van der Waals surface area contributed by atoms with Gasteiger partial charge in [0.15, 0.2) is 0 Å². The fourth-order valence-corrected chi connectivity index (χ4v) is 3.95. The maximum absolute atomic E-state index is 10.8. The average molecular weight is 302 g/mol. The summed E-state index contributed by atoms with van der Waals surface area (Å²) in [4.78, 5) is 13.9. The van der Waals surface area contributed by atoms with E-state index in [9.17, 15) is 4.79 Å². The minimum absolute atomic E-state index is 0.0647. The molecule has 0 atom stereocenters. The molecule has 16 heavy (non-hydrogen) atoms. The van der Waals surface area contributed by atoms with E-state index in [0.29, 0.717) is 0 Å². The van der Waals surface area contributed by atoms with Crippen molar-refractivity contribution in [2.45, 2.75) is 11.8 Å². The quantitative estimate of drug-likeness (QED) is 0.912. The first kappa shape index (κ1) is 11.8.